The molecule has 0 spiro atoms. The van der Waals surface area contributed by atoms with Crippen LogP contribution in [0.1, 0.15) is 43.0 Å². The van der Waals surface area contributed by atoms with E-state index in [0.717, 1.165) is 25.9 Å². The lowest BCUT2D eigenvalue weighted by atomic mass is 9.68. The van der Waals surface area contributed by atoms with Crippen molar-refractivity contribution in [1.29, 1.82) is 0 Å². The van der Waals surface area contributed by atoms with E-state index in [1.807, 2.05) is 23.5 Å². The van der Waals surface area contributed by atoms with Crippen LogP contribution in [0.25, 0.3) is 10.9 Å². The van der Waals surface area contributed by atoms with Gasteiger partial charge in [0, 0.05) is 52.4 Å². The number of carbonyl (C=O) groups is 1. The van der Waals surface area contributed by atoms with Crippen LogP contribution in [0.5, 0.6) is 0 Å². The molecule has 0 unspecified atom stereocenters. The topological polar surface area (TPSA) is 34.5 Å². The Labute approximate surface area is 245 Å². The van der Waals surface area contributed by atoms with Crippen LogP contribution in [-0.2, 0) is 16.6 Å². The summed E-state index contributed by atoms with van der Waals surface area (Å²) in [6, 6.07) is 30.3. The van der Waals surface area contributed by atoms with E-state index in [9.17, 15) is 4.79 Å². The highest BCUT2D eigenvalue weighted by molar-refractivity contribution is 8.17. The van der Waals surface area contributed by atoms with Gasteiger partial charge in [0.15, 0.2) is 0 Å². The molecule has 6 rings (SSSR count). The second-order valence-electron chi connectivity index (χ2n) is 10.6. The Bertz CT molecular complexity index is 1470. The molecule has 1 fully saturated rings. The summed E-state index contributed by atoms with van der Waals surface area (Å²) >= 11 is 3.91. The predicted molar refractivity (Wildman–Crippen MR) is 167 cm³/mol. The molecule has 1 aliphatic carbocycles. The quantitative estimate of drug-likeness (QED) is 0.0930. The maximum atomic E-state index is 13.3. The molecule has 3 aromatic carbocycles. The number of methoxy groups -OCH3 is 1. The van der Waals surface area contributed by atoms with Crippen molar-refractivity contribution in [3.63, 3.8) is 0 Å². The number of rotatable bonds is 8. The SMILES string of the molecule is C/C=C1/CN(CCC(Sc2ccccc2)Sc2ccccc2)[C@H]2C[C@@H]1[C@@H](C(=O)OC)c1c2n(C)c2ccccc12. The molecular weight excluding hydrogens is 533 g/mol. The summed E-state index contributed by atoms with van der Waals surface area (Å²) in [7, 11) is 3.69. The van der Waals surface area contributed by atoms with Crippen LogP contribution >= 0.6 is 23.5 Å². The maximum Gasteiger partial charge on any atom is 0.313 e. The largest absolute Gasteiger partial charge is 0.469 e. The summed E-state index contributed by atoms with van der Waals surface area (Å²) in [6.45, 7) is 4.00. The van der Waals surface area contributed by atoms with Crippen LogP contribution in [0.15, 0.2) is 106 Å². The van der Waals surface area contributed by atoms with Crippen molar-refractivity contribution in [3.05, 3.63) is 108 Å². The standard InChI is InChI=1S/C34H36N2O2S2/c1-4-23-22-36(20-19-30(39-24-13-7-5-8-14-24)40-25-15-9-6-10-16-25)29-21-27(23)32(34(37)38-3)31-26-17-11-12-18-28(26)35(2)33(29)31/h4-18,27,29-30,32H,19-22H2,1-3H3/b23-4-/t27-,29-,32+/m0/s1. The minimum Gasteiger partial charge on any atom is -0.469 e. The zero-order valence-corrected chi connectivity index (χ0v) is 25.0. The molecule has 40 heavy (non-hydrogen) atoms. The van der Waals surface area contributed by atoms with Gasteiger partial charge in [0.1, 0.15) is 0 Å². The van der Waals surface area contributed by atoms with Gasteiger partial charge in [-0.25, -0.2) is 0 Å². The number of fused-ring (bicyclic) bond motifs is 6. The fourth-order valence-corrected chi connectivity index (χ4v) is 9.22. The first-order valence-corrected chi connectivity index (χ1v) is 15.8. The number of benzene rings is 3. The predicted octanol–water partition coefficient (Wildman–Crippen LogP) is 8.06. The number of aryl methyl sites for hydroxylation is 1. The molecule has 1 aliphatic heterocycles. The number of likely N-dealkylation sites (tertiary alicyclic amines) is 1. The molecule has 4 nitrogen and oxygen atoms in total. The van der Waals surface area contributed by atoms with Crippen molar-refractivity contribution in [2.45, 2.75) is 46.1 Å². The number of ether oxygens (including phenoxy) is 1. The van der Waals surface area contributed by atoms with Crippen LogP contribution in [0.3, 0.4) is 0 Å². The molecule has 1 aromatic heterocycles. The number of allylic oxidation sites excluding steroid dienone is 1. The Kier molecular flexibility index (Phi) is 8.10. The number of esters is 1. The van der Waals surface area contributed by atoms with Gasteiger partial charge in [-0.1, -0.05) is 66.2 Å². The lowest BCUT2D eigenvalue weighted by Gasteiger charge is -2.47. The van der Waals surface area contributed by atoms with Crippen molar-refractivity contribution in [2.75, 3.05) is 20.2 Å². The second-order valence-corrected chi connectivity index (χ2v) is 13.5. The zero-order chi connectivity index (χ0) is 27.6. The number of aromatic nitrogens is 1. The molecule has 2 bridgehead atoms. The van der Waals surface area contributed by atoms with Crippen molar-refractivity contribution in [1.82, 2.24) is 9.47 Å². The molecule has 4 aromatic rings. The van der Waals surface area contributed by atoms with Gasteiger partial charge in [-0.2, -0.15) is 0 Å². The van der Waals surface area contributed by atoms with Crippen LogP contribution in [0.4, 0.5) is 0 Å². The number of carbonyl (C=O) groups excluding carboxylic acids is 1. The fraction of sp³-hybridized carbons (Fsp3) is 0.324. The first-order valence-electron chi connectivity index (χ1n) is 14.1. The monoisotopic (exact) mass is 568 g/mol. The second kappa shape index (κ2) is 11.9. The third-order valence-electron chi connectivity index (χ3n) is 8.50. The molecule has 3 atom stereocenters. The third kappa shape index (κ3) is 5.13. The zero-order valence-electron chi connectivity index (χ0n) is 23.3. The molecule has 6 heteroatoms. The lowest BCUT2D eigenvalue weighted by Crippen LogP contribution is -2.46. The molecule has 0 radical (unpaired) electrons. The number of para-hydroxylation sites is 1. The van der Waals surface area contributed by atoms with E-state index in [-0.39, 0.29) is 23.8 Å². The molecule has 0 amide bonds. The summed E-state index contributed by atoms with van der Waals surface area (Å²) in [5.41, 5.74) is 5.00. The minimum atomic E-state index is -0.259. The first kappa shape index (κ1) is 27.3. The summed E-state index contributed by atoms with van der Waals surface area (Å²) in [5, 5.41) is 1.18. The highest BCUT2D eigenvalue weighted by Gasteiger charge is 2.48. The van der Waals surface area contributed by atoms with E-state index < -0.39 is 0 Å². The molecule has 0 N–H and O–H groups in total. The smallest absolute Gasteiger partial charge is 0.313 e. The van der Waals surface area contributed by atoms with Gasteiger partial charge in [0.05, 0.1) is 23.7 Å². The van der Waals surface area contributed by atoms with Crippen molar-refractivity contribution in [2.24, 2.45) is 13.0 Å². The van der Waals surface area contributed by atoms with Gasteiger partial charge >= 0.3 is 5.97 Å². The fourth-order valence-electron chi connectivity index (χ4n) is 6.68. The number of hydrogen-bond donors (Lipinski definition) is 0. The van der Waals surface area contributed by atoms with Gasteiger partial charge in [-0.05, 0) is 55.7 Å². The van der Waals surface area contributed by atoms with Crippen LogP contribution in [0.2, 0.25) is 0 Å². The Morgan fingerprint density at radius 2 is 1.60 bits per heavy atom. The molecule has 2 aliphatic rings. The Morgan fingerprint density at radius 3 is 2.23 bits per heavy atom. The number of hydrogen-bond acceptors (Lipinski definition) is 5. The normalized spacial score (nSPS) is 21.6. The van der Waals surface area contributed by atoms with Crippen LogP contribution < -0.4 is 0 Å². The van der Waals surface area contributed by atoms with E-state index in [1.165, 1.54) is 44.6 Å². The Balaban J connectivity index is 1.34. The summed E-state index contributed by atoms with van der Waals surface area (Å²) in [6.07, 6.45) is 4.24. The van der Waals surface area contributed by atoms with Gasteiger partial charge < -0.3 is 9.30 Å². The molecule has 0 saturated carbocycles. The number of nitrogens with zero attached hydrogens (tertiary/aromatic N) is 2. The number of thioether (sulfide) groups is 2. The Morgan fingerprint density at radius 1 is 0.975 bits per heavy atom. The van der Waals surface area contributed by atoms with Crippen molar-refractivity contribution < 1.29 is 9.53 Å². The highest BCUT2D eigenvalue weighted by Crippen LogP contribution is 2.54. The van der Waals surface area contributed by atoms with E-state index >= 15 is 0 Å². The molecule has 2 heterocycles. The average molecular weight is 569 g/mol. The van der Waals surface area contributed by atoms with Crippen molar-refractivity contribution >= 4 is 40.4 Å². The third-order valence-corrected chi connectivity index (χ3v) is 11.2. The molecular formula is C34H36N2O2S2. The summed E-state index contributed by atoms with van der Waals surface area (Å²) in [5.74, 6) is -0.205. The summed E-state index contributed by atoms with van der Waals surface area (Å²) < 4.78 is 8.13. The first-order chi connectivity index (χ1) is 19.6. The van der Waals surface area contributed by atoms with Gasteiger partial charge in [0.2, 0.25) is 0 Å². The lowest BCUT2D eigenvalue weighted by molar-refractivity contribution is -0.144. The van der Waals surface area contributed by atoms with E-state index in [0.29, 0.717) is 4.58 Å². The minimum absolute atomic E-state index is 0.118. The molecule has 1 saturated heterocycles. The van der Waals surface area contributed by atoms with E-state index in [2.05, 4.69) is 114 Å². The van der Waals surface area contributed by atoms with Crippen LogP contribution in [-0.4, -0.2) is 40.2 Å². The number of piperidine rings is 1. The average Bonchev–Trinajstić information content (AvgIpc) is 3.29. The van der Waals surface area contributed by atoms with E-state index in [1.54, 1.807) is 0 Å². The van der Waals surface area contributed by atoms with Crippen molar-refractivity contribution in [3.8, 4) is 0 Å². The van der Waals surface area contributed by atoms with Gasteiger partial charge in [-0.15, -0.1) is 23.5 Å². The molecule has 206 valence electrons. The highest BCUT2D eigenvalue weighted by atomic mass is 32.2. The Hall–Kier alpha value is -2.93. The van der Waals surface area contributed by atoms with Gasteiger partial charge in [0.25, 0.3) is 0 Å². The summed E-state index contributed by atoms with van der Waals surface area (Å²) in [4.78, 5) is 18.6. The van der Waals surface area contributed by atoms with E-state index in [4.69, 9.17) is 4.74 Å². The van der Waals surface area contributed by atoms with Crippen LogP contribution in [0, 0.1) is 5.92 Å². The van der Waals surface area contributed by atoms with Gasteiger partial charge in [-0.3, -0.25) is 9.69 Å². The maximum absolute atomic E-state index is 13.3.